The summed E-state index contributed by atoms with van der Waals surface area (Å²) in [6.07, 6.45) is 4.98. The summed E-state index contributed by atoms with van der Waals surface area (Å²) < 4.78 is 0. The molecule has 2 rings (SSSR count). The molecule has 0 N–H and O–H groups in total. The first kappa shape index (κ1) is 12.3. The van der Waals surface area contributed by atoms with Crippen LogP contribution in [0.15, 0.2) is 12.4 Å². The lowest BCUT2D eigenvalue weighted by Crippen LogP contribution is -2.35. The van der Waals surface area contributed by atoms with Crippen LogP contribution in [0.2, 0.25) is 0 Å². The molecule has 1 aliphatic rings. The molecule has 0 aliphatic carbocycles. The highest BCUT2D eigenvalue weighted by atomic mass is 15.3. The van der Waals surface area contributed by atoms with Crippen molar-refractivity contribution in [3.63, 3.8) is 0 Å². The molecular weight excluding hydrogens is 212 g/mol. The second-order valence-electron chi connectivity index (χ2n) is 5.03. The number of hydrogen-bond donors (Lipinski definition) is 0. The summed E-state index contributed by atoms with van der Waals surface area (Å²) in [5, 5.41) is 0. The van der Waals surface area contributed by atoms with Gasteiger partial charge in [0.2, 0.25) is 5.95 Å². The summed E-state index contributed by atoms with van der Waals surface area (Å²) >= 11 is 0. The molecule has 94 valence electrons. The van der Waals surface area contributed by atoms with E-state index < -0.39 is 0 Å². The Labute approximate surface area is 104 Å². The lowest BCUT2D eigenvalue weighted by Gasteiger charge is -2.24. The minimum Gasteiger partial charge on any atom is -0.339 e. The Balaban J connectivity index is 2.01. The number of nitrogens with zero attached hydrogens (tertiary/aromatic N) is 4. The Morgan fingerprint density at radius 3 is 2.41 bits per heavy atom. The Morgan fingerprint density at radius 1 is 1.06 bits per heavy atom. The molecule has 0 saturated carbocycles. The van der Waals surface area contributed by atoms with Gasteiger partial charge in [0.15, 0.2) is 0 Å². The number of aromatic nitrogens is 2. The first-order valence-corrected chi connectivity index (χ1v) is 6.44. The molecule has 0 bridgehead atoms. The van der Waals surface area contributed by atoms with Crippen molar-refractivity contribution in [2.75, 3.05) is 31.1 Å². The molecule has 4 nitrogen and oxygen atoms in total. The maximum Gasteiger partial charge on any atom is 0.225 e. The van der Waals surface area contributed by atoms with E-state index in [1.165, 1.54) is 13.0 Å². The second kappa shape index (κ2) is 5.45. The van der Waals surface area contributed by atoms with Gasteiger partial charge in [-0.25, -0.2) is 9.97 Å². The highest BCUT2D eigenvalue weighted by molar-refractivity contribution is 5.29. The van der Waals surface area contributed by atoms with Gasteiger partial charge in [-0.2, -0.15) is 0 Å². The van der Waals surface area contributed by atoms with Gasteiger partial charge in [-0.1, -0.05) is 0 Å². The van der Waals surface area contributed by atoms with Gasteiger partial charge in [0.25, 0.3) is 0 Å². The molecule has 0 amide bonds. The van der Waals surface area contributed by atoms with Crippen molar-refractivity contribution in [3.8, 4) is 0 Å². The highest BCUT2D eigenvalue weighted by Crippen LogP contribution is 2.12. The van der Waals surface area contributed by atoms with Crippen LogP contribution in [-0.2, 0) is 0 Å². The maximum absolute atomic E-state index is 4.41. The van der Waals surface area contributed by atoms with Crippen molar-refractivity contribution in [1.82, 2.24) is 14.9 Å². The summed E-state index contributed by atoms with van der Waals surface area (Å²) in [5.74, 6) is 0.876. The van der Waals surface area contributed by atoms with Gasteiger partial charge in [0, 0.05) is 44.6 Å². The van der Waals surface area contributed by atoms with E-state index in [0.29, 0.717) is 6.04 Å². The zero-order valence-corrected chi connectivity index (χ0v) is 11.1. The van der Waals surface area contributed by atoms with E-state index in [1.54, 1.807) is 0 Å². The van der Waals surface area contributed by atoms with E-state index in [1.807, 2.05) is 19.3 Å². The SMILES string of the molecule is Cc1cnc(N2CCCN(C(C)C)CC2)nc1. The van der Waals surface area contributed by atoms with Gasteiger partial charge in [0.05, 0.1) is 0 Å². The monoisotopic (exact) mass is 234 g/mol. The normalized spacial score (nSPS) is 18.5. The van der Waals surface area contributed by atoms with Gasteiger partial charge < -0.3 is 4.90 Å². The predicted molar refractivity (Wildman–Crippen MR) is 70.3 cm³/mol. The molecule has 0 radical (unpaired) electrons. The first-order chi connectivity index (χ1) is 8.16. The standard InChI is InChI=1S/C13H22N4/c1-11(2)16-5-4-6-17(8-7-16)13-14-9-12(3)10-15-13/h9-11H,4-8H2,1-3H3. The number of hydrogen-bond acceptors (Lipinski definition) is 4. The van der Waals surface area contributed by atoms with Crippen molar-refractivity contribution in [3.05, 3.63) is 18.0 Å². The van der Waals surface area contributed by atoms with E-state index in [9.17, 15) is 0 Å². The fourth-order valence-corrected chi connectivity index (χ4v) is 2.20. The van der Waals surface area contributed by atoms with Crippen LogP contribution >= 0.6 is 0 Å². The molecule has 4 heteroatoms. The summed E-state index contributed by atoms with van der Waals surface area (Å²) in [6.45, 7) is 10.9. The molecule has 1 aromatic rings. The fraction of sp³-hybridized carbons (Fsp3) is 0.692. The van der Waals surface area contributed by atoms with Crippen LogP contribution in [0, 0.1) is 6.92 Å². The molecule has 1 aliphatic heterocycles. The van der Waals surface area contributed by atoms with Crippen molar-refractivity contribution in [2.45, 2.75) is 33.2 Å². The van der Waals surface area contributed by atoms with Gasteiger partial charge in [-0.05, 0) is 32.8 Å². The quantitative estimate of drug-likeness (QED) is 0.779. The molecule has 1 fully saturated rings. The maximum atomic E-state index is 4.41. The second-order valence-corrected chi connectivity index (χ2v) is 5.03. The van der Waals surface area contributed by atoms with E-state index in [4.69, 9.17) is 0 Å². The number of anilines is 1. The Bertz CT molecular complexity index is 347. The summed E-state index contributed by atoms with van der Waals surface area (Å²) in [4.78, 5) is 13.6. The Hall–Kier alpha value is -1.16. The van der Waals surface area contributed by atoms with E-state index in [2.05, 4.69) is 33.6 Å². The van der Waals surface area contributed by atoms with Gasteiger partial charge in [-0.15, -0.1) is 0 Å². The lowest BCUT2D eigenvalue weighted by atomic mass is 10.3. The van der Waals surface area contributed by atoms with Crippen LogP contribution < -0.4 is 4.90 Å². The topological polar surface area (TPSA) is 32.3 Å². The van der Waals surface area contributed by atoms with Crippen molar-refractivity contribution in [1.29, 1.82) is 0 Å². The molecule has 2 heterocycles. The molecule has 1 saturated heterocycles. The summed E-state index contributed by atoms with van der Waals surface area (Å²) in [7, 11) is 0. The predicted octanol–water partition coefficient (Wildman–Crippen LogP) is 1.71. The first-order valence-electron chi connectivity index (χ1n) is 6.44. The number of rotatable bonds is 2. The van der Waals surface area contributed by atoms with E-state index >= 15 is 0 Å². The molecule has 1 aromatic heterocycles. The van der Waals surface area contributed by atoms with Crippen LogP contribution in [0.5, 0.6) is 0 Å². The van der Waals surface area contributed by atoms with E-state index in [-0.39, 0.29) is 0 Å². The van der Waals surface area contributed by atoms with Gasteiger partial charge in [0.1, 0.15) is 0 Å². The average Bonchev–Trinajstić information content (AvgIpc) is 2.55. The minimum absolute atomic E-state index is 0.633. The van der Waals surface area contributed by atoms with Crippen molar-refractivity contribution >= 4 is 5.95 Å². The molecular formula is C13H22N4. The minimum atomic E-state index is 0.633. The van der Waals surface area contributed by atoms with Gasteiger partial charge >= 0.3 is 0 Å². The Morgan fingerprint density at radius 2 is 1.76 bits per heavy atom. The third-order valence-electron chi connectivity index (χ3n) is 3.31. The zero-order valence-electron chi connectivity index (χ0n) is 11.1. The molecule has 0 spiro atoms. The largest absolute Gasteiger partial charge is 0.339 e. The number of aryl methyl sites for hydroxylation is 1. The molecule has 0 aromatic carbocycles. The van der Waals surface area contributed by atoms with Crippen molar-refractivity contribution < 1.29 is 0 Å². The average molecular weight is 234 g/mol. The fourth-order valence-electron chi connectivity index (χ4n) is 2.20. The van der Waals surface area contributed by atoms with Crippen LogP contribution in [-0.4, -0.2) is 47.1 Å². The van der Waals surface area contributed by atoms with Crippen LogP contribution in [0.1, 0.15) is 25.8 Å². The highest BCUT2D eigenvalue weighted by Gasteiger charge is 2.18. The summed E-state index contributed by atoms with van der Waals surface area (Å²) in [6, 6.07) is 0.633. The van der Waals surface area contributed by atoms with Gasteiger partial charge in [-0.3, -0.25) is 4.90 Å². The molecule has 0 unspecified atom stereocenters. The smallest absolute Gasteiger partial charge is 0.225 e. The van der Waals surface area contributed by atoms with Crippen LogP contribution in [0.25, 0.3) is 0 Å². The lowest BCUT2D eigenvalue weighted by molar-refractivity contribution is 0.238. The third kappa shape index (κ3) is 3.16. The molecule has 0 atom stereocenters. The Kier molecular flexibility index (Phi) is 3.94. The van der Waals surface area contributed by atoms with Crippen LogP contribution in [0.4, 0.5) is 5.95 Å². The van der Waals surface area contributed by atoms with Crippen LogP contribution in [0.3, 0.4) is 0 Å². The van der Waals surface area contributed by atoms with E-state index in [0.717, 1.165) is 31.1 Å². The summed E-state index contributed by atoms with van der Waals surface area (Å²) in [5.41, 5.74) is 1.12. The zero-order chi connectivity index (χ0) is 12.3. The van der Waals surface area contributed by atoms with Crippen molar-refractivity contribution in [2.24, 2.45) is 0 Å². The third-order valence-corrected chi connectivity index (χ3v) is 3.31. The molecule has 17 heavy (non-hydrogen) atoms.